The van der Waals surface area contributed by atoms with E-state index < -0.39 is 0 Å². The molecule has 1 spiro atoms. The van der Waals surface area contributed by atoms with Crippen molar-refractivity contribution >= 4 is 22.6 Å². The van der Waals surface area contributed by atoms with Crippen LogP contribution < -0.4 is 0 Å². The summed E-state index contributed by atoms with van der Waals surface area (Å²) in [4.78, 5) is 0. The van der Waals surface area contributed by atoms with Gasteiger partial charge in [0.05, 0.1) is 23.9 Å². The Labute approximate surface area is 99.9 Å². The van der Waals surface area contributed by atoms with E-state index in [1.165, 1.54) is 19.3 Å². The topological polar surface area (TPSA) is 18.5 Å². The van der Waals surface area contributed by atoms with E-state index in [4.69, 9.17) is 9.47 Å². The fourth-order valence-corrected chi connectivity index (χ4v) is 3.31. The molecule has 2 aliphatic heterocycles. The van der Waals surface area contributed by atoms with Crippen LogP contribution in [0.2, 0.25) is 0 Å². The summed E-state index contributed by atoms with van der Waals surface area (Å²) in [6.07, 6.45) is 5.21. The van der Waals surface area contributed by atoms with Gasteiger partial charge < -0.3 is 9.47 Å². The van der Waals surface area contributed by atoms with Gasteiger partial charge >= 0.3 is 0 Å². The molecule has 0 aromatic heterocycles. The maximum Gasteiger partial charge on any atom is 0.0991 e. The molecule has 2 unspecified atom stereocenters. The van der Waals surface area contributed by atoms with E-state index in [9.17, 15) is 0 Å². The highest BCUT2D eigenvalue weighted by Gasteiger charge is 2.53. The molecule has 0 amide bonds. The van der Waals surface area contributed by atoms with Crippen molar-refractivity contribution in [3.8, 4) is 0 Å². The summed E-state index contributed by atoms with van der Waals surface area (Å²) in [5.41, 5.74) is -0.0709. The highest BCUT2D eigenvalue weighted by Crippen LogP contribution is 2.46. The molecule has 2 saturated heterocycles. The van der Waals surface area contributed by atoms with Gasteiger partial charge in [0.15, 0.2) is 0 Å². The molecule has 0 saturated carbocycles. The quantitative estimate of drug-likeness (QED) is 0.548. The fraction of sp³-hybridized carbons (Fsp3) is 1.00. The average Bonchev–Trinajstić information content (AvgIpc) is 2.43. The zero-order valence-electron chi connectivity index (χ0n) is 9.01. The third-order valence-corrected chi connectivity index (χ3v) is 4.72. The van der Waals surface area contributed by atoms with Crippen molar-refractivity contribution < 1.29 is 9.47 Å². The highest BCUT2D eigenvalue weighted by molar-refractivity contribution is 14.1. The molecular weight excluding hydrogens is 291 g/mol. The Morgan fingerprint density at radius 3 is 2.71 bits per heavy atom. The van der Waals surface area contributed by atoms with Crippen LogP contribution >= 0.6 is 22.6 Å². The smallest absolute Gasteiger partial charge is 0.0991 e. The molecule has 82 valence electrons. The second kappa shape index (κ2) is 3.91. The predicted molar refractivity (Wildman–Crippen MR) is 65.0 cm³/mol. The summed E-state index contributed by atoms with van der Waals surface area (Å²) in [6.45, 7) is 5.21. The number of ether oxygens (including phenoxy) is 2. The summed E-state index contributed by atoms with van der Waals surface area (Å²) in [6, 6.07) is 0. The Morgan fingerprint density at radius 1 is 1.36 bits per heavy atom. The van der Waals surface area contributed by atoms with Crippen LogP contribution in [0.4, 0.5) is 0 Å². The van der Waals surface area contributed by atoms with Crippen LogP contribution in [0.25, 0.3) is 0 Å². The van der Waals surface area contributed by atoms with Crippen molar-refractivity contribution in [2.75, 3.05) is 11.0 Å². The minimum absolute atomic E-state index is 0.0150. The van der Waals surface area contributed by atoms with Crippen molar-refractivity contribution in [3.05, 3.63) is 0 Å². The Balaban J connectivity index is 2.14. The van der Waals surface area contributed by atoms with E-state index in [1.807, 2.05) is 0 Å². The molecule has 2 nitrogen and oxygen atoms in total. The minimum atomic E-state index is -0.0858. The molecule has 2 fully saturated rings. The van der Waals surface area contributed by atoms with Crippen LogP contribution in [-0.2, 0) is 9.47 Å². The molecule has 0 radical (unpaired) electrons. The van der Waals surface area contributed by atoms with Gasteiger partial charge in [-0.3, -0.25) is 0 Å². The molecule has 0 bridgehead atoms. The molecule has 0 N–H and O–H groups in total. The first-order valence-electron chi connectivity index (χ1n) is 5.47. The SMILES string of the molecule is CC1(C)OCCC12CCCC(CI)O2. The summed E-state index contributed by atoms with van der Waals surface area (Å²) in [5.74, 6) is 0. The van der Waals surface area contributed by atoms with Crippen LogP contribution in [-0.4, -0.2) is 28.3 Å². The van der Waals surface area contributed by atoms with Gasteiger partial charge in [-0.15, -0.1) is 0 Å². The zero-order chi connectivity index (χ0) is 10.2. The average molecular weight is 310 g/mol. The molecular formula is C11H19IO2. The number of halogens is 1. The Morgan fingerprint density at radius 2 is 2.14 bits per heavy atom. The largest absolute Gasteiger partial charge is 0.372 e. The Hall–Kier alpha value is 0.650. The summed E-state index contributed by atoms with van der Waals surface area (Å²) in [5, 5.41) is 0. The summed E-state index contributed by atoms with van der Waals surface area (Å²) in [7, 11) is 0. The van der Waals surface area contributed by atoms with E-state index in [-0.39, 0.29) is 11.2 Å². The number of rotatable bonds is 1. The Bertz CT molecular complexity index is 217. The lowest BCUT2D eigenvalue weighted by molar-refractivity contribution is -0.182. The lowest BCUT2D eigenvalue weighted by Crippen LogP contribution is -2.53. The molecule has 0 aromatic rings. The molecule has 2 aliphatic rings. The summed E-state index contributed by atoms with van der Waals surface area (Å²) < 4.78 is 13.2. The molecule has 2 rings (SSSR count). The van der Waals surface area contributed by atoms with Crippen LogP contribution in [0, 0.1) is 0 Å². The maximum absolute atomic E-state index is 6.27. The van der Waals surface area contributed by atoms with Crippen molar-refractivity contribution in [1.82, 2.24) is 0 Å². The van der Waals surface area contributed by atoms with Crippen molar-refractivity contribution in [3.63, 3.8) is 0 Å². The second-order valence-electron chi connectivity index (χ2n) is 4.89. The second-order valence-corrected chi connectivity index (χ2v) is 5.77. The van der Waals surface area contributed by atoms with Gasteiger partial charge in [-0.25, -0.2) is 0 Å². The first kappa shape index (κ1) is 11.1. The van der Waals surface area contributed by atoms with Crippen LogP contribution in [0.3, 0.4) is 0 Å². The van der Waals surface area contributed by atoms with Crippen molar-refractivity contribution in [1.29, 1.82) is 0 Å². The van der Waals surface area contributed by atoms with Gasteiger partial charge in [-0.1, -0.05) is 22.6 Å². The third kappa shape index (κ3) is 1.71. The summed E-state index contributed by atoms with van der Waals surface area (Å²) >= 11 is 2.42. The van der Waals surface area contributed by atoms with Gasteiger partial charge in [0.2, 0.25) is 0 Å². The van der Waals surface area contributed by atoms with E-state index in [2.05, 4.69) is 36.4 Å². The lowest BCUT2D eigenvalue weighted by Gasteiger charge is -2.45. The fourth-order valence-electron chi connectivity index (χ4n) is 2.69. The van der Waals surface area contributed by atoms with Gasteiger partial charge in [0.25, 0.3) is 0 Å². The lowest BCUT2D eigenvalue weighted by atomic mass is 9.79. The predicted octanol–water partition coefficient (Wildman–Crippen LogP) is 2.93. The number of alkyl halides is 1. The number of hydrogen-bond donors (Lipinski definition) is 0. The van der Waals surface area contributed by atoms with Crippen molar-refractivity contribution in [2.24, 2.45) is 0 Å². The molecule has 14 heavy (non-hydrogen) atoms. The molecule has 0 aromatic carbocycles. The van der Waals surface area contributed by atoms with E-state index >= 15 is 0 Å². The first-order chi connectivity index (χ1) is 6.60. The highest BCUT2D eigenvalue weighted by atomic mass is 127. The van der Waals surface area contributed by atoms with Gasteiger partial charge in [0.1, 0.15) is 0 Å². The van der Waals surface area contributed by atoms with Gasteiger partial charge in [0, 0.05) is 10.8 Å². The Kier molecular flexibility index (Phi) is 3.11. The first-order valence-corrected chi connectivity index (χ1v) is 7.00. The van der Waals surface area contributed by atoms with Gasteiger partial charge in [-0.05, 0) is 33.1 Å². The molecule has 2 atom stereocenters. The molecule has 2 heterocycles. The molecule has 3 heteroatoms. The normalized spacial score (nSPS) is 41.8. The standard InChI is InChI=1S/C11H19IO2/c1-10(2)11(6-7-13-10)5-3-4-9(8-12)14-11/h9H,3-8H2,1-2H3. The monoisotopic (exact) mass is 310 g/mol. The van der Waals surface area contributed by atoms with Crippen LogP contribution in [0.1, 0.15) is 39.5 Å². The van der Waals surface area contributed by atoms with E-state index in [0.717, 1.165) is 17.5 Å². The third-order valence-electron chi connectivity index (χ3n) is 3.74. The number of hydrogen-bond acceptors (Lipinski definition) is 2. The van der Waals surface area contributed by atoms with E-state index in [1.54, 1.807) is 0 Å². The van der Waals surface area contributed by atoms with Crippen LogP contribution in [0.5, 0.6) is 0 Å². The molecule has 0 aliphatic carbocycles. The van der Waals surface area contributed by atoms with Crippen molar-refractivity contribution in [2.45, 2.75) is 56.8 Å². The minimum Gasteiger partial charge on any atom is -0.372 e. The maximum atomic E-state index is 6.27. The van der Waals surface area contributed by atoms with E-state index in [0.29, 0.717) is 6.10 Å². The van der Waals surface area contributed by atoms with Crippen LogP contribution in [0.15, 0.2) is 0 Å². The zero-order valence-corrected chi connectivity index (χ0v) is 11.2. The van der Waals surface area contributed by atoms with Gasteiger partial charge in [-0.2, -0.15) is 0 Å².